The van der Waals surface area contributed by atoms with Gasteiger partial charge < -0.3 is 9.47 Å². The molecule has 0 unspecified atom stereocenters. The molecule has 4 nitrogen and oxygen atoms in total. The molecule has 5 heteroatoms. The van der Waals surface area contributed by atoms with Crippen molar-refractivity contribution < 1.29 is 14.3 Å². The van der Waals surface area contributed by atoms with E-state index in [1.165, 1.54) is 11.3 Å². The number of thiazole rings is 1. The summed E-state index contributed by atoms with van der Waals surface area (Å²) in [5, 5.41) is 0. The van der Waals surface area contributed by atoms with E-state index >= 15 is 0 Å². The summed E-state index contributed by atoms with van der Waals surface area (Å²) in [6, 6.07) is 5.11. The van der Waals surface area contributed by atoms with Gasteiger partial charge in [0.15, 0.2) is 17.3 Å². The van der Waals surface area contributed by atoms with Crippen LogP contribution in [0.3, 0.4) is 0 Å². The van der Waals surface area contributed by atoms with Crippen LogP contribution in [0.2, 0.25) is 0 Å². The number of hydrogen-bond donors (Lipinski definition) is 0. The molecule has 20 heavy (non-hydrogen) atoms. The molecule has 0 aliphatic carbocycles. The van der Waals surface area contributed by atoms with Crippen molar-refractivity contribution in [3.8, 4) is 11.5 Å². The quantitative estimate of drug-likeness (QED) is 0.625. The fraction of sp³-hybridized carbons (Fsp3) is 0.200. The Labute approximate surface area is 121 Å². The van der Waals surface area contributed by atoms with Crippen LogP contribution in [-0.2, 0) is 0 Å². The third-order valence-corrected chi connectivity index (χ3v) is 3.73. The molecule has 0 spiro atoms. The van der Waals surface area contributed by atoms with Crippen LogP contribution in [0.1, 0.15) is 20.9 Å². The van der Waals surface area contributed by atoms with E-state index in [0.29, 0.717) is 17.1 Å². The predicted molar refractivity (Wildman–Crippen MR) is 79.8 cm³/mol. The van der Waals surface area contributed by atoms with Gasteiger partial charge in [0.2, 0.25) is 0 Å². The van der Waals surface area contributed by atoms with Crippen molar-refractivity contribution in [1.82, 2.24) is 4.98 Å². The smallest absolute Gasteiger partial charge is 0.186 e. The minimum atomic E-state index is -0.0845. The van der Waals surface area contributed by atoms with Gasteiger partial charge in [-0.25, -0.2) is 4.98 Å². The third-order valence-electron chi connectivity index (χ3n) is 2.84. The maximum Gasteiger partial charge on any atom is 0.186 e. The summed E-state index contributed by atoms with van der Waals surface area (Å²) in [6.45, 7) is 1.91. The van der Waals surface area contributed by atoms with Crippen molar-refractivity contribution in [1.29, 1.82) is 0 Å². The van der Waals surface area contributed by atoms with Crippen LogP contribution in [0.4, 0.5) is 0 Å². The summed E-state index contributed by atoms with van der Waals surface area (Å²) in [4.78, 5) is 17.2. The Morgan fingerprint density at radius 1 is 1.25 bits per heavy atom. The first-order valence-corrected chi connectivity index (χ1v) is 6.88. The molecule has 0 fully saturated rings. The first-order chi connectivity index (χ1) is 9.65. The van der Waals surface area contributed by atoms with Crippen LogP contribution in [-0.4, -0.2) is 25.0 Å². The summed E-state index contributed by atoms with van der Waals surface area (Å²) in [5.41, 5.74) is 3.24. The highest BCUT2D eigenvalue weighted by Crippen LogP contribution is 2.28. The lowest BCUT2D eigenvalue weighted by atomic mass is 10.1. The Morgan fingerprint density at radius 3 is 2.60 bits per heavy atom. The number of aromatic nitrogens is 1. The monoisotopic (exact) mass is 289 g/mol. The maximum absolute atomic E-state index is 12.1. The van der Waals surface area contributed by atoms with E-state index in [1.54, 1.807) is 50.1 Å². The zero-order valence-corrected chi connectivity index (χ0v) is 12.4. The molecular formula is C15H15NO3S. The number of ether oxygens (including phenoxy) is 2. The summed E-state index contributed by atoms with van der Waals surface area (Å²) < 4.78 is 10.3. The topological polar surface area (TPSA) is 48.4 Å². The number of methoxy groups -OCH3 is 2. The lowest BCUT2D eigenvalue weighted by Crippen LogP contribution is -1.97. The van der Waals surface area contributed by atoms with E-state index in [4.69, 9.17) is 9.47 Å². The van der Waals surface area contributed by atoms with Crippen molar-refractivity contribution in [2.75, 3.05) is 14.2 Å². The third kappa shape index (κ3) is 3.05. The summed E-state index contributed by atoms with van der Waals surface area (Å²) in [6.07, 6.45) is 3.33. The Kier molecular flexibility index (Phi) is 4.53. The molecule has 0 aliphatic heterocycles. The van der Waals surface area contributed by atoms with Crippen molar-refractivity contribution in [2.24, 2.45) is 0 Å². The zero-order valence-electron chi connectivity index (χ0n) is 11.5. The number of carbonyl (C=O) groups excluding carboxylic acids is 1. The molecule has 0 aliphatic rings. The van der Waals surface area contributed by atoms with E-state index in [0.717, 1.165) is 10.6 Å². The number of carbonyl (C=O) groups is 1. The Bertz CT molecular complexity index is 646. The Hall–Kier alpha value is -2.14. The minimum Gasteiger partial charge on any atom is -0.493 e. The molecule has 1 aromatic carbocycles. The van der Waals surface area contributed by atoms with Crippen LogP contribution in [0.5, 0.6) is 11.5 Å². The van der Waals surface area contributed by atoms with Crippen LogP contribution >= 0.6 is 11.3 Å². The fourth-order valence-corrected chi connectivity index (χ4v) is 2.40. The average molecular weight is 289 g/mol. The number of nitrogens with zero attached hydrogens (tertiary/aromatic N) is 1. The molecule has 1 aromatic heterocycles. The highest BCUT2D eigenvalue weighted by molar-refractivity contribution is 7.10. The number of allylic oxidation sites excluding steroid dienone is 1. The Morgan fingerprint density at radius 2 is 2.00 bits per heavy atom. The van der Waals surface area contributed by atoms with Gasteiger partial charge in [-0.3, -0.25) is 4.79 Å². The molecular weight excluding hydrogens is 274 g/mol. The minimum absolute atomic E-state index is 0.0845. The normalized spacial score (nSPS) is 10.8. The molecule has 0 saturated carbocycles. The number of hydrogen-bond acceptors (Lipinski definition) is 5. The highest BCUT2D eigenvalue weighted by Gasteiger charge is 2.08. The second kappa shape index (κ2) is 6.34. The molecule has 2 rings (SSSR count). The molecule has 2 aromatic rings. The summed E-state index contributed by atoms with van der Waals surface area (Å²) >= 11 is 1.51. The summed E-state index contributed by atoms with van der Waals surface area (Å²) in [5.74, 6) is 1.06. The molecule has 104 valence electrons. The zero-order chi connectivity index (χ0) is 14.5. The van der Waals surface area contributed by atoms with Gasteiger partial charge in [0.05, 0.1) is 25.4 Å². The molecule has 0 N–H and O–H groups in total. The average Bonchev–Trinajstić information content (AvgIpc) is 2.89. The Balaban J connectivity index is 2.21. The standard InChI is InChI=1S/C15H15NO3S/c1-10-15(20-9-16-10)7-5-12(17)11-4-6-13(18-2)14(8-11)19-3/h4-9H,1-3H3/b7-5+. The van der Waals surface area contributed by atoms with Crippen LogP contribution in [0.25, 0.3) is 6.08 Å². The number of benzene rings is 1. The molecule has 1 heterocycles. The first-order valence-electron chi connectivity index (χ1n) is 6.00. The van der Waals surface area contributed by atoms with Gasteiger partial charge in [-0.1, -0.05) is 0 Å². The van der Waals surface area contributed by atoms with Crippen molar-refractivity contribution in [3.05, 3.63) is 45.9 Å². The number of aryl methyl sites for hydroxylation is 1. The predicted octanol–water partition coefficient (Wildman–Crippen LogP) is 3.36. The van der Waals surface area contributed by atoms with Crippen LogP contribution in [0.15, 0.2) is 29.8 Å². The second-order valence-electron chi connectivity index (χ2n) is 4.07. The van der Waals surface area contributed by atoms with Gasteiger partial charge >= 0.3 is 0 Å². The van der Waals surface area contributed by atoms with E-state index in [2.05, 4.69) is 4.98 Å². The van der Waals surface area contributed by atoms with Gasteiger partial charge in [-0.15, -0.1) is 11.3 Å². The van der Waals surface area contributed by atoms with Crippen molar-refractivity contribution in [2.45, 2.75) is 6.92 Å². The van der Waals surface area contributed by atoms with Crippen molar-refractivity contribution >= 4 is 23.2 Å². The van der Waals surface area contributed by atoms with Gasteiger partial charge in [0.1, 0.15) is 0 Å². The SMILES string of the molecule is COc1ccc(C(=O)/C=C/c2scnc2C)cc1OC. The van der Waals surface area contributed by atoms with Crippen LogP contribution < -0.4 is 9.47 Å². The molecule has 0 atom stereocenters. The lowest BCUT2D eigenvalue weighted by Gasteiger charge is -2.07. The van der Waals surface area contributed by atoms with Gasteiger partial charge in [0.25, 0.3) is 0 Å². The summed E-state index contributed by atoms with van der Waals surface area (Å²) in [7, 11) is 3.11. The first kappa shape index (κ1) is 14.3. The lowest BCUT2D eigenvalue weighted by molar-refractivity contribution is 0.104. The maximum atomic E-state index is 12.1. The van der Waals surface area contributed by atoms with Crippen molar-refractivity contribution in [3.63, 3.8) is 0 Å². The van der Waals surface area contributed by atoms with Gasteiger partial charge in [0, 0.05) is 10.4 Å². The van der Waals surface area contributed by atoms with E-state index < -0.39 is 0 Å². The van der Waals surface area contributed by atoms with Crippen LogP contribution in [0, 0.1) is 6.92 Å². The van der Waals surface area contributed by atoms with E-state index in [1.807, 2.05) is 6.92 Å². The number of ketones is 1. The van der Waals surface area contributed by atoms with Gasteiger partial charge in [-0.05, 0) is 37.3 Å². The fourth-order valence-electron chi connectivity index (χ4n) is 1.71. The van der Waals surface area contributed by atoms with Gasteiger partial charge in [-0.2, -0.15) is 0 Å². The molecule has 0 radical (unpaired) electrons. The highest BCUT2D eigenvalue weighted by atomic mass is 32.1. The molecule has 0 saturated heterocycles. The van der Waals surface area contributed by atoms with E-state index in [-0.39, 0.29) is 5.78 Å². The molecule has 0 amide bonds. The number of rotatable bonds is 5. The van der Waals surface area contributed by atoms with E-state index in [9.17, 15) is 4.79 Å². The molecule has 0 bridgehead atoms. The second-order valence-corrected chi connectivity index (χ2v) is 4.96. The largest absolute Gasteiger partial charge is 0.493 e.